The molecule has 37 heavy (non-hydrogen) atoms. The van der Waals surface area contributed by atoms with Crippen molar-refractivity contribution in [1.29, 1.82) is 0 Å². The second-order valence-electron chi connectivity index (χ2n) is 7.55. The van der Waals surface area contributed by atoms with Crippen molar-refractivity contribution in [3.63, 3.8) is 0 Å². The van der Waals surface area contributed by atoms with Crippen LogP contribution in [0.4, 0.5) is 0 Å². The van der Waals surface area contributed by atoms with Crippen molar-refractivity contribution in [3.8, 4) is 23.0 Å². The highest BCUT2D eigenvalue weighted by Crippen LogP contribution is 2.38. The Kier molecular flexibility index (Phi) is 9.15. The van der Waals surface area contributed by atoms with Gasteiger partial charge in [-0.25, -0.2) is 5.43 Å². The number of nitrogens with one attached hydrogen (secondary N) is 1. The van der Waals surface area contributed by atoms with Crippen molar-refractivity contribution in [2.75, 3.05) is 20.8 Å². The Morgan fingerprint density at radius 2 is 1.73 bits per heavy atom. The lowest BCUT2D eigenvalue weighted by Crippen LogP contribution is -2.17. The van der Waals surface area contributed by atoms with Crippen LogP contribution in [0.1, 0.15) is 21.5 Å². The molecule has 0 saturated carbocycles. The molecule has 0 radical (unpaired) electrons. The van der Waals surface area contributed by atoms with Crippen LogP contribution in [0.3, 0.4) is 0 Å². The molecule has 3 rings (SSSR count). The molecule has 11 heteroatoms. The molecule has 1 amide bonds. The van der Waals surface area contributed by atoms with Gasteiger partial charge in [0, 0.05) is 5.56 Å². The number of hydrazone groups is 1. The van der Waals surface area contributed by atoms with Crippen LogP contribution in [0.2, 0.25) is 5.02 Å². The van der Waals surface area contributed by atoms with E-state index in [0.717, 1.165) is 5.56 Å². The second-order valence-corrected chi connectivity index (χ2v) is 9.50. The Balaban J connectivity index is 1.75. The fourth-order valence-electron chi connectivity index (χ4n) is 3.06. The van der Waals surface area contributed by atoms with Gasteiger partial charge < -0.3 is 18.4 Å². The molecule has 0 aliphatic heterocycles. The molecule has 0 heterocycles. The third-order valence-electron chi connectivity index (χ3n) is 4.92. The number of ether oxygens (including phenoxy) is 3. The molecular formula is C26H25ClN2O7S. The fraction of sp³-hybridized carbons (Fsp3) is 0.154. The van der Waals surface area contributed by atoms with E-state index in [4.69, 9.17) is 30.0 Å². The summed E-state index contributed by atoms with van der Waals surface area (Å²) >= 11 is 6.30. The van der Waals surface area contributed by atoms with Crippen LogP contribution < -0.4 is 23.8 Å². The van der Waals surface area contributed by atoms with Crippen molar-refractivity contribution in [1.82, 2.24) is 5.43 Å². The molecule has 0 fully saturated rings. The molecule has 9 nitrogen and oxygen atoms in total. The maximum absolute atomic E-state index is 12.7. The predicted octanol–water partition coefficient (Wildman–Crippen LogP) is 4.76. The molecule has 0 atom stereocenters. The highest BCUT2D eigenvalue weighted by Gasteiger charge is 2.22. The topological polar surface area (TPSA) is 113 Å². The van der Waals surface area contributed by atoms with Crippen LogP contribution in [0.5, 0.6) is 23.0 Å². The molecule has 194 valence electrons. The van der Waals surface area contributed by atoms with Crippen molar-refractivity contribution in [2.24, 2.45) is 5.10 Å². The van der Waals surface area contributed by atoms with E-state index in [1.54, 1.807) is 30.3 Å². The lowest BCUT2D eigenvalue weighted by Gasteiger charge is -2.13. The van der Waals surface area contributed by atoms with E-state index in [0.29, 0.717) is 29.2 Å². The van der Waals surface area contributed by atoms with Crippen LogP contribution in [-0.2, 0) is 10.1 Å². The van der Waals surface area contributed by atoms with Crippen LogP contribution in [0.25, 0.3) is 0 Å². The number of benzene rings is 3. The summed E-state index contributed by atoms with van der Waals surface area (Å²) in [4.78, 5) is 12.5. The van der Waals surface area contributed by atoms with Gasteiger partial charge >= 0.3 is 10.1 Å². The molecule has 0 aromatic heterocycles. The fourth-order valence-corrected chi connectivity index (χ4v) is 4.33. The van der Waals surface area contributed by atoms with Crippen molar-refractivity contribution in [3.05, 3.63) is 89.0 Å². The summed E-state index contributed by atoms with van der Waals surface area (Å²) in [6.07, 6.45) is 2.92. The summed E-state index contributed by atoms with van der Waals surface area (Å²) in [5, 5.41) is 3.91. The number of methoxy groups -OCH3 is 2. The third kappa shape index (κ3) is 7.02. The SMILES string of the molecule is C=CCOc1ccc(C(=O)N/N=C/c2cc(Cl)c(OS(=O)(=O)c3ccc(C)cc3)c(OC)c2)cc1OC. The smallest absolute Gasteiger partial charge is 0.339 e. The lowest BCUT2D eigenvalue weighted by atomic mass is 10.2. The van der Waals surface area contributed by atoms with Gasteiger partial charge in [0.1, 0.15) is 11.5 Å². The lowest BCUT2D eigenvalue weighted by molar-refractivity contribution is 0.0954. The molecule has 3 aromatic carbocycles. The van der Waals surface area contributed by atoms with E-state index in [1.165, 1.54) is 50.8 Å². The summed E-state index contributed by atoms with van der Waals surface area (Å²) in [7, 11) is -1.34. The average Bonchev–Trinajstić information content (AvgIpc) is 2.88. The quantitative estimate of drug-likeness (QED) is 0.160. The first-order valence-electron chi connectivity index (χ1n) is 10.8. The third-order valence-corrected chi connectivity index (χ3v) is 6.43. The Morgan fingerprint density at radius 1 is 1.03 bits per heavy atom. The highest BCUT2D eigenvalue weighted by atomic mass is 35.5. The van der Waals surface area contributed by atoms with Crippen LogP contribution in [0, 0.1) is 6.92 Å². The molecule has 0 unspecified atom stereocenters. The first-order valence-corrected chi connectivity index (χ1v) is 12.6. The van der Waals surface area contributed by atoms with Crippen molar-refractivity contribution in [2.45, 2.75) is 11.8 Å². The molecule has 3 aromatic rings. The molecular weight excluding hydrogens is 520 g/mol. The molecule has 0 spiro atoms. The summed E-state index contributed by atoms with van der Waals surface area (Å²) in [6, 6.07) is 13.8. The normalized spacial score (nSPS) is 11.1. The van der Waals surface area contributed by atoms with E-state index in [2.05, 4.69) is 17.1 Å². The zero-order valence-electron chi connectivity index (χ0n) is 20.4. The van der Waals surface area contributed by atoms with E-state index < -0.39 is 16.0 Å². The molecule has 1 N–H and O–H groups in total. The van der Waals surface area contributed by atoms with Gasteiger partial charge in [0.15, 0.2) is 17.2 Å². The van der Waals surface area contributed by atoms with Gasteiger partial charge in [-0.1, -0.05) is 42.0 Å². The summed E-state index contributed by atoms with van der Waals surface area (Å²) in [6.45, 7) is 5.72. The van der Waals surface area contributed by atoms with E-state index >= 15 is 0 Å². The number of hydrogen-bond acceptors (Lipinski definition) is 8. The number of hydrogen-bond donors (Lipinski definition) is 1. The molecule has 0 aliphatic rings. The number of amides is 1. The Labute approximate surface area is 220 Å². The first-order chi connectivity index (χ1) is 17.7. The number of nitrogens with zero attached hydrogens (tertiary/aromatic N) is 1. The van der Waals surface area contributed by atoms with Crippen molar-refractivity contribution >= 4 is 33.8 Å². The Morgan fingerprint density at radius 3 is 2.38 bits per heavy atom. The number of aryl methyl sites for hydroxylation is 1. The van der Waals surface area contributed by atoms with E-state index in [9.17, 15) is 13.2 Å². The summed E-state index contributed by atoms with van der Waals surface area (Å²) in [5.74, 6) is 0.252. The Hall–Kier alpha value is -4.02. The van der Waals surface area contributed by atoms with E-state index in [1.807, 2.05) is 6.92 Å². The zero-order valence-corrected chi connectivity index (χ0v) is 21.9. The average molecular weight is 545 g/mol. The predicted molar refractivity (Wildman–Crippen MR) is 141 cm³/mol. The van der Waals surface area contributed by atoms with E-state index in [-0.39, 0.29) is 21.4 Å². The largest absolute Gasteiger partial charge is 0.493 e. The van der Waals surface area contributed by atoms with Crippen LogP contribution >= 0.6 is 11.6 Å². The van der Waals surface area contributed by atoms with Gasteiger partial charge in [-0.3, -0.25) is 4.79 Å². The maximum Gasteiger partial charge on any atom is 0.339 e. The minimum Gasteiger partial charge on any atom is -0.493 e. The van der Waals surface area contributed by atoms with Gasteiger partial charge in [-0.2, -0.15) is 13.5 Å². The summed E-state index contributed by atoms with van der Waals surface area (Å²) in [5.41, 5.74) is 4.02. The molecule has 0 bridgehead atoms. The van der Waals surface area contributed by atoms with Gasteiger partial charge in [-0.15, -0.1) is 0 Å². The number of halogens is 1. The van der Waals surface area contributed by atoms with Crippen LogP contribution in [0.15, 0.2) is 77.2 Å². The Bertz CT molecular complexity index is 1420. The second kappa shape index (κ2) is 12.3. The van der Waals surface area contributed by atoms with Gasteiger partial charge in [0.05, 0.1) is 25.5 Å². The summed E-state index contributed by atoms with van der Waals surface area (Å²) < 4.78 is 46.7. The molecule has 0 saturated heterocycles. The van der Waals surface area contributed by atoms with Crippen molar-refractivity contribution < 1.29 is 31.6 Å². The number of rotatable bonds is 11. The number of carbonyl (C=O) groups is 1. The molecule has 0 aliphatic carbocycles. The van der Waals surface area contributed by atoms with Gasteiger partial charge in [-0.05, 0) is 55.0 Å². The minimum absolute atomic E-state index is 0.0253. The van der Waals surface area contributed by atoms with Crippen LogP contribution in [-0.4, -0.2) is 41.4 Å². The standard InChI is InChI=1S/C26H25ClN2O7S/c1-5-12-35-22-11-8-19(15-23(22)33-3)26(30)29-28-16-18-13-21(27)25(24(14-18)34-4)36-37(31,32)20-9-6-17(2)7-10-20/h5-11,13-16H,1,12H2,2-4H3,(H,29,30)/b28-16+. The minimum atomic E-state index is -4.15. The first kappa shape index (κ1) is 27.6. The number of carbonyl (C=O) groups excluding carboxylic acids is 1. The van der Waals surface area contributed by atoms with Gasteiger partial charge in [0.2, 0.25) is 5.75 Å². The monoisotopic (exact) mass is 544 g/mol. The van der Waals surface area contributed by atoms with Gasteiger partial charge in [0.25, 0.3) is 5.91 Å². The zero-order chi connectivity index (χ0) is 27.0. The highest BCUT2D eigenvalue weighted by molar-refractivity contribution is 7.87. The maximum atomic E-state index is 12.7.